The molecule has 0 radical (unpaired) electrons. The van der Waals surface area contributed by atoms with E-state index in [1.54, 1.807) is 6.92 Å². The molecule has 0 unspecified atom stereocenters. The number of benzene rings is 2. The molecule has 4 N–H and O–H groups in total. The fraction of sp³-hybridized carbons (Fsp3) is 0.176. The lowest BCUT2D eigenvalue weighted by Crippen LogP contribution is -2.20. The number of nitrogens with one attached hydrogen (secondary N) is 2. The Morgan fingerprint density at radius 2 is 1.81 bits per heavy atom. The number of nitrogens with two attached hydrogens (primary N) is 1. The minimum Gasteiger partial charge on any atom is -0.496 e. The summed E-state index contributed by atoms with van der Waals surface area (Å²) in [6.45, 7) is 1.59. The van der Waals surface area contributed by atoms with Gasteiger partial charge in [-0.25, -0.2) is 8.42 Å². The lowest BCUT2D eigenvalue weighted by molar-refractivity contribution is 0.0958. The smallest absolute Gasteiger partial charge is 0.261 e. The van der Waals surface area contributed by atoms with Crippen LogP contribution in [-0.2, 0) is 10.0 Å². The average molecular weight is 377 g/mol. The van der Waals surface area contributed by atoms with Crippen LogP contribution in [0.4, 0.5) is 5.69 Å². The Balaban J connectivity index is 2.48. The molecule has 0 aromatic heterocycles. The van der Waals surface area contributed by atoms with E-state index in [-0.39, 0.29) is 27.5 Å². The number of sulfonamides is 1. The zero-order valence-electron chi connectivity index (χ0n) is 14.5. The number of carbonyl (C=O) groups excluding carboxylic acids is 2. The summed E-state index contributed by atoms with van der Waals surface area (Å²) in [5.74, 6) is -0.893. The van der Waals surface area contributed by atoms with E-state index < -0.39 is 21.8 Å². The highest BCUT2D eigenvalue weighted by atomic mass is 32.2. The minimum absolute atomic E-state index is 0.0838. The van der Waals surface area contributed by atoms with E-state index in [9.17, 15) is 18.0 Å². The largest absolute Gasteiger partial charge is 0.496 e. The van der Waals surface area contributed by atoms with E-state index >= 15 is 0 Å². The summed E-state index contributed by atoms with van der Waals surface area (Å²) in [5.41, 5.74) is 6.21. The monoisotopic (exact) mass is 377 g/mol. The Hall–Kier alpha value is -3.07. The topological polar surface area (TPSA) is 128 Å². The van der Waals surface area contributed by atoms with Gasteiger partial charge in [0.05, 0.1) is 23.3 Å². The van der Waals surface area contributed by atoms with E-state index in [0.29, 0.717) is 5.56 Å². The van der Waals surface area contributed by atoms with Gasteiger partial charge in [-0.05, 0) is 42.8 Å². The number of primary amides is 1. The fourth-order valence-electron chi connectivity index (χ4n) is 2.38. The van der Waals surface area contributed by atoms with Gasteiger partial charge in [0.15, 0.2) is 0 Å². The molecular weight excluding hydrogens is 358 g/mol. The third-order valence-corrected chi connectivity index (χ3v) is 5.16. The molecule has 8 nitrogen and oxygen atoms in total. The third kappa shape index (κ3) is 3.77. The summed E-state index contributed by atoms with van der Waals surface area (Å²) in [5, 5.41) is 2.43. The summed E-state index contributed by atoms with van der Waals surface area (Å²) in [4.78, 5) is 23.2. The van der Waals surface area contributed by atoms with Gasteiger partial charge in [-0.2, -0.15) is 0 Å². The van der Waals surface area contributed by atoms with E-state index in [4.69, 9.17) is 10.5 Å². The van der Waals surface area contributed by atoms with Crippen LogP contribution < -0.4 is 20.5 Å². The van der Waals surface area contributed by atoms with E-state index in [1.165, 1.54) is 50.6 Å². The van der Waals surface area contributed by atoms with Crippen molar-refractivity contribution in [2.75, 3.05) is 18.9 Å². The Kier molecular flexibility index (Phi) is 5.51. The molecule has 0 bridgehead atoms. The first-order valence-corrected chi connectivity index (χ1v) is 9.02. The molecule has 0 aliphatic rings. The van der Waals surface area contributed by atoms with Crippen molar-refractivity contribution in [3.05, 3.63) is 53.1 Å². The van der Waals surface area contributed by atoms with Gasteiger partial charge in [0.25, 0.3) is 15.9 Å². The minimum atomic E-state index is -4.01. The normalized spacial score (nSPS) is 10.9. The first kappa shape index (κ1) is 19.3. The van der Waals surface area contributed by atoms with Crippen molar-refractivity contribution in [2.45, 2.75) is 11.8 Å². The van der Waals surface area contributed by atoms with Crippen LogP contribution in [0.3, 0.4) is 0 Å². The van der Waals surface area contributed by atoms with Crippen LogP contribution in [0.2, 0.25) is 0 Å². The first-order valence-electron chi connectivity index (χ1n) is 7.53. The highest BCUT2D eigenvalue weighted by Crippen LogP contribution is 2.26. The maximum Gasteiger partial charge on any atom is 0.261 e. The third-order valence-electron chi connectivity index (χ3n) is 3.80. The summed E-state index contributed by atoms with van der Waals surface area (Å²) in [7, 11) is -1.19. The highest BCUT2D eigenvalue weighted by Gasteiger charge is 2.21. The standard InChI is InChI=1S/C17H19N3O5S/c1-10-12(16(18)21)5-4-6-14(10)20-26(23,24)11-7-8-15(25-3)13(9-11)17(22)19-2/h4-9,20H,1-3H3,(H2,18,21)(H,19,22). The van der Waals surface area contributed by atoms with Crippen LogP contribution in [0.15, 0.2) is 41.3 Å². The number of hydrogen-bond donors (Lipinski definition) is 3. The number of amides is 2. The van der Waals surface area contributed by atoms with Gasteiger partial charge in [-0.1, -0.05) is 6.07 Å². The van der Waals surface area contributed by atoms with Gasteiger partial charge in [0.2, 0.25) is 5.91 Å². The van der Waals surface area contributed by atoms with Crippen molar-refractivity contribution in [2.24, 2.45) is 5.73 Å². The molecule has 0 aliphatic carbocycles. The van der Waals surface area contributed by atoms with E-state index in [2.05, 4.69) is 10.0 Å². The molecule has 0 atom stereocenters. The van der Waals surface area contributed by atoms with Gasteiger partial charge in [-0.3, -0.25) is 14.3 Å². The van der Waals surface area contributed by atoms with Crippen LogP contribution >= 0.6 is 0 Å². The summed E-state index contributed by atoms with van der Waals surface area (Å²) >= 11 is 0. The molecule has 0 heterocycles. The Morgan fingerprint density at radius 1 is 1.12 bits per heavy atom. The Bertz CT molecular complexity index is 970. The molecule has 26 heavy (non-hydrogen) atoms. The van der Waals surface area contributed by atoms with Crippen molar-refractivity contribution in [1.29, 1.82) is 0 Å². The lowest BCUT2D eigenvalue weighted by Gasteiger charge is -2.14. The summed E-state index contributed by atoms with van der Waals surface area (Å²) in [6, 6.07) is 8.48. The van der Waals surface area contributed by atoms with Crippen molar-refractivity contribution in [1.82, 2.24) is 5.32 Å². The van der Waals surface area contributed by atoms with Crippen LogP contribution in [-0.4, -0.2) is 34.4 Å². The van der Waals surface area contributed by atoms with E-state index in [1.807, 2.05) is 0 Å². The van der Waals surface area contributed by atoms with Crippen molar-refractivity contribution < 1.29 is 22.7 Å². The van der Waals surface area contributed by atoms with Gasteiger partial charge in [-0.15, -0.1) is 0 Å². The highest BCUT2D eigenvalue weighted by molar-refractivity contribution is 7.92. The molecule has 0 saturated heterocycles. The fourth-order valence-corrected chi connectivity index (χ4v) is 3.53. The van der Waals surface area contributed by atoms with Crippen LogP contribution in [0.1, 0.15) is 26.3 Å². The van der Waals surface area contributed by atoms with Gasteiger partial charge in [0, 0.05) is 12.6 Å². The number of hydrogen-bond acceptors (Lipinski definition) is 5. The molecule has 2 rings (SSSR count). The predicted molar refractivity (Wildman–Crippen MR) is 96.9 cm³/mol. The van der Waals surface area contributed by atoms with Gasteiger partial charge in [0.1, 0.15) is 5.75 Å². The number of rotatable bonds is 6. The molecule has 2 amide bonds. The number of ether oxygens (including phenoxy) is 1. The molecule has 0 spiro atoms. The number of anilines is 1. The van der Waals surface area contributed by atoms with Crippen molar-refractivity contribution in [3.63, 3.8) is 0 Å². The quantitative estimate of drug-likeness (QED) is 0.698. The molecule has 0 aliphatic heterocycles. The van der Waals surface area contributed by atoms with Gasteiger partial charge >= 0.3 is 0 Å². The van der Waals surface area contributed by atoms with Crippen molar-refractivity contribution in [3.8, 4) is 5.75 Å². The molecule has 2 aromatic rings. The summed E-state index contributed by atoms with van der Waals surface area (Å²) in [6.07, 6.45) is 0. The maximum atomic E-state index is 12.7. The first-order chi connectivity index (χ1) is 12.2. The predicted octanol–water partition coefficient (Wildman–Crippen LogP) is 1.26. The molecule has 0 saturated carbocycles. The second-order valence-electron chi connectivity index (χ2n) is 5.39. The van der Waals surface area contributed by atoms with Crippen LogP contribution in [0.5, 0.6) is 5.75 Å². The molecule has 2 aromatic carbocycles. The second kappa shape index (κ2) is 7.44. The molecule has 9 heteroatoms. The van der Waals surface area contributed by atoms with Crippen LogP contribution in [0.25, 0.3) is 0 Å². The Morgan fingerprint density at radius 3 is 2.38 bits per heavy atom. The average Bonchev–Trinajstić information content (AvgIpc) is 2.61. The second-order valence-corrected chi connectivity index (χ2v) is 7.07. The van der Waals surface area contributed by atoms with Crippen LogP contribution in [0, 0.1) is 6.92 Å². The zero-order valence-corrected chi connectivity index (χ0v) is 15.3. The van der Waals surface area contributed by atoms with Crippen molar-refractivity contribution >= 4 is 27.5 Å². The zero-order chi connectivity index (χ0) is 19.5. The SMILES string of the molecule is CNC(=O)c1cc(S(=O)(=O)Nc2cccc(C(N)=O)c2C)ccc1OC. The molecule has 0 fully saturated rings. The summed E-state index contributed by atoms with van der Waals surface area (Å²) < 4.78 is 32.9. The number of methoxy groups -OCH3 is 1. The molecule has 138 valence electrons. The van der Waals surface area contributed by atoms with E-state index in [0.717, 1.165) is 0 Å². The van der Waals surface area contributed by atoms with Gasteiger partial charge < -0.3 is 15.8 Å². The lowest BCUT2D eigenvalue weighted by atomic mass is 10.1. The molecular formula is C17H19N3O5S. The Labute approximate surface area is 151 Å². The maximum absolute atomic E-state index is 12.7. The number of carbonyl (C=O) groups is 2.